The van der Waals surface area contributed by atoms with Crippen LogP contribution in [0.15, 0.2) is 53.1 Å². The fraction of sp³-hybridized carbons (Fsp3) is 0.318. The normalized spacial score (nSPS) is 16.6. The second-order valence-corrected chi connectivity index (χ2v) is 7.58. The van der Waals surface area contributed by atoms with Crippen molar-refractivity contribution in [2.75, 3.05) is 12.4 Å². The van der Waals surface area contributed by atoms with E-state index in [0.717, 1.165) is 40.9 Å². The maximum Gasteiger partial charge on any atom is 0.316 e. The Balaban J connectivity index is 1.87. The molecule has 1 heterocycles. The minimum absolute atomic E-state index is 0.0623. The second kappa shape index (κ2) is 9.43. The Labute approximate surface area is 168 Å². The molecule has 0 spiro atoms. The molecule has 1 aliphatic heterocycles. The number of hydrogen-bond acceptors (Lipinski definition) is 5. The Morgan fingerprint density at radius 2 is 2.07 bits per heavy atom. The molecule has 1 aliphatic rings. The Morgan fingerprint density at radius 3 is 2.86 bits per heavy atom. The first-order valence-corrected chi connectivity index (χ1v) is 10.3. The van der Waals surface area contributed by atoms with E-state index in [0.29, 0.717) is 17.2 Å². The predicted molar refractivity (Wildman–Crippen MR) is 110 cm³/mol. The molecule has 0 saturated heterocycles. The number of thioether (sulfide) groups is 1. The Hall–Kier alpha value is -2.78. The van der Waals surface area contributed by atoms with E-state index in [9.17, 15) is 14.9 Å². The van der Waals surface area contributed by atoms with E-state index in [2.05, 4.69) is 11.4 Å². The first-order chi connectivity index (χ1) is 13.6. The minimum atomic E-state index is -0.343. The highest BCUT2D eigenvalue weighted by atomic mass is 32.2. The third-order valence-electron chi connectivity index (χ3n) is 4.65. The third kappa shape index (κ3) is 4.55. The van der Waals surface area contributed by atoms with Crippen LogP contribution in [0.4, 0.5) is 0 Å². The van der Waals surface area contributed by atoms with Crippen molar-refractivity contribution in [2.45, 2.75) is 32.1 Å². The van der Waals surface area contributed by atoms with Crippen LogP contribution in [-0.2, 0) is 14.3 Å². The molecule has 0 aromatic heterocycles. The number of esters is 1. The number of fused-ring (bicyclic) bond motifs is 1. The van der Waals surface area contributed by atoms with Gasteiger partial charge in [-0.25, -0.2) is 0 Å². The summed E-state index contributed by atoms with van der Waals surface area (Å²) in [5.41, 5.74) is 1.44. The molecule has 0 saturated carbocycles. The number of allylic oxidation sites excluding steroid dienone is 1. The van der Waals surface area contributed by atoms with Crippen molar-refractivity contribution in [1.29, 1.82) is 5.26 Å². The van der Waals surface area contributed by atoms with Crippen LogP contribution in [0.25, 0.3) is 10.8 Å². The number of nitrogens with one attached hydrogen (secondary N) is 1. The predicted octanol–water partition coefficient (Wildman–Crippen LogP) is 4.25. The van der Waals surface area contributed by atoms with Crippen molar-refractivity contribution in [1.82, 2.24) is 5.32 Å². The van der Waals surface area contributed by atoms with Gasteiger partial charge in [0, 0.05) is 12.3 Å². The van der Waals surface area contributed by atoms with Crippen LogP contribution in [0, 0.1) is 11.3 Å². The number of nitriles is 1. The van der Waals surface area contributed by atoms with Gasteiger partial charge in [0.1, 0.15) is 0 Å². The van der Waals surface area contributed by atoms with Gasteiger partial charge in [0.2, 0.25) is 5.91 Å². The topological polar surface area (TPSA) is 79.2 Å². The highest BCUT2D eigenvalue weighted by molar-refractivity contribution is 8.03. The van der Waals surface area contributed by atoms with Gasteiger partial charge in [0.25, 0.3) is 0 Å². The Bertz CT molecular complexity index is 956. The fourth-order valence-corrected chi connectivity index (χ4v) is 4.13. The molecule has 144 valence electrons. The van der Waals surface area contributed by atoms with Crippen molar-refractivity contribution in [3.63, 3.8) is 0 Å². The van der Waals surface area contributed by atoms with Gasteiger partial charge >= 0.3 is 5.97 Å². The molecule has 0 fully saturated rings. The summed E-state index contributed by atoms with van der Waals surface area (Å²) in [5.74, 6) is -0.765. The van der Waals surface area contributed by atoms with Gasteiger partial charge in [-0.05, 0) is 22.8 Å². The quantitative estimate of drug-likeness (QED) is 0.561. The molecule has 2 aromatic rings. The number of hydrogen-bond donors (Lipinski definition) is 1. The van der Waals surface area contributed by atoms with Crippen molar-refractivity contribution in [3.05, 3.63) is 58.6 Å². The Morgan fingerprint density at radius 1 is 1.29 bits per heavy atom. The fourth-order valence-electron chi connectivity index (χ4n) is 3.26. The van der Waals surface area contributed by atoms with Crippen molar-refractivity contribution in [3.8, 4) is 6.07 Å². The molecule has 5 nitrogen and oxygen atoms in total. The van der Waals surface area contributed by atoms with E-state index in [1.807, 2.05) is 49.4 Å². The van der Waals surface area contributed by atoms with Gasteiger partial charge in [0.05, 0.1) is 29.0 Å². The lowest BCUT2D eigenvalue weighted by Gasteiger charge is -2.26. The van der Waals surface area contributed by atoms with Crippen LogP contribution in [0.3, 0.4) is 0 Å². The summed E-state index contributed by atoms with van der Waals surface area (Å²) >= 11 is 1.15. The highest BCUT2D eigenvalue weighted by Gasteiger charge is 2.30. The van der Waals surface area contributed by atoms with E-state index >= 15 is 0 Å². The molecule has 3 rings (SSSR count). The van der Waals surface area contributed by atoms with Gasteiger partial charge in [-0.1, -0.05) is 67.6 Å². The molecular weight excluding hydrogens is 372 g/mol. The highest BCUT2D eigenvalue weighted by Crippen LogP contribution is 2.38. The lowest BCUT2D eigenvalue weighted by Crippen LogP contribution is -2.31. The number of benzene rings is 2. The van der Waals surface area contributed by atoms with E-state index in [-0.39, 0.29) is 30.0 Å². The zero-order valence-electron chi connectivity index (χ0n) is 15.7. The molecule has 28 heavy (non-hydrogen) atoms. The molecule has 2 aromatic carbocycles. The zero-order valence-corrected chi connectivity index (χ0v) is 16.6. The standard InChI is InChI=1S/C22H22N2O3S/c1-2-3-11-27-21(26)14-28-22-19(13-23)18(12-20(25)24-22)17-10-6-8-15-7-4-5-9-16(15)17/h4-10,18H,2-3,11-12,14H2,1H3,(H,24,25)/t18-/m0/s1. The number of ether oxygens (including phenoxy) is 1. The monoisotopic (exact) mass is 394 g/mol. The smallest absolute Gasteiger partial charge is 0.316 e. The number of rotatable bonds is 7. The molecule has 1 N–H and O–H groups in total. The Kier molecular flexibility index (Phi) is 6.72. The van der Waals surface area contributed by atoms with Gasteiger partial charge in [-0.3, -0.25) is 9.59 Å². The summed E-state index contributed by atoms with van der Waals surface area (Å²) < 4.78 is 5.16. The first kappa shape index (κ1) is 20.0. The van der Waals surface area contributed by atoms with Crippen LogP contribution in [0.5, 0.6) is 0 Å². The number of amides is 1. The summed E-state index contributed by atoms with van der Waals surface area (Å²) in [4.78, 5) is 24.2. The second-order valence-electron chi connectivity index (χ2n) is 6.59. The summed E-state index contributed by atoms with van der Waals surface area (Å²) in [5, 5.41) is 15.1. The average Bonchev–Trinajstić information content (AvgIpc) is 2.71. The molecule has 6 heteroatoms. The minimum Gasteiger partial charge on any atom is -0.465 e. The maximum absolute atomic E-state index is 12.3. The average molecular weight is 394 g/mol. The number of carbonyl (C=O) groups excluding carboxylic acids is 2. The van der Waals surface area contributed by atoms with E-state index in [4.69, 9.17) is 4.74 Å². The van der Waals surface area contributed by atoms with Gasteiger partial charge in [0.15, 0.2) is 0 Å². The molecule has 1 atom stereocenters. The summed E-state index contributed by atoms with van der Waals surface area (Å²) in [7, 11) is 0. The van der Waals surface area contributed by atoms with Crippen molar-refractivity contribution >= 4 is 34.4 Å². The van der Waals surface area contributed by atoms with Crippen LogP contribution < -0.4 is 5.32 Å². The van der Waals surface area contributed by atoms with Crippen LogP contribution in [0.2, 0.25) is 0 Å². The molecular formula is C22H22N2O3S. The van der Waals surface area contributed by atoms with Gasteiger partial charge in [-0.15, -0.1) is 0 Å². The summed E-state index contributed by atoms with van der Waals surface area (Å²) in [6.07, 6.45) is 1.98. The third-order valence-corrected chi connectivity index (χ3v) is 5.64. The first-order valence-electron chi connectivity index (χ1n) is 9.34. The molecule has 0 aliphatic carbocycles. The molecule has 0 bridgehead atoms. The lowest BCUT2D eigenvalue weighted by atomic mass is 9.84. The zero-order chi connectivity index (χ0) is 19.9. The lowest BCUT2D eigenvalue weighted by molar-refractivity contribution is -0.140. The summed E-state index contributed by atoms with van der Waals surface area (Å²) in [6.45, 7) is 2.42. The van der Waals surface area contributed by atoms with Crippen molar-refractivity contribution in [2.24, 2.45) is 0 Å². The number of unbranched alkanes of at least 4 members (excludes halogenated alkanes) is 1. The number of carbonyl (C=O) groups is 2. The summed E-state index contributed by atoms with van der Waals surface area (Å²) in [6, 6.07) is 16.1. The largest absolute Gasteiger partial charge is 0.465 e. The van der Waals surface area contributed by atoms with Crippen molar-refractivity contribution < 1.29 is 14.3 Å². The number of nitrogens with zero attached hydrogens (tertiary/aromatic N) is 1. The van der Waals surface area contributed by atoms with E-state index in [1.165, 1.54) is 0 Å². The van der Waals surface area contributed by atoms with Crippen LogP contribution in [0.1, 0.15) is 37.7 Å². The van der Waals surface area contributed by atoms with E-state index in [1.54, 1.807) is 0 Å². The van der Waals surface area contributed by atoms with Gasteiger partial charge < -0.3 is 10.1 Å². The molecule has 0 unspecified atom stereocenters. The molecule has 0 radical (unpaired) electrons. The molecule has 1 amide bonds. The van der Waals surface area contributed by atoms with E-state index < -0.39 is 0 Å². The van der Waals surface area contributed by atoms with Crippen LogP contribution >= 0.6 is 11.8 Å². The van der Waals surface area contributed by atoms with Crippen LogP contribution in [-0.4, -0.2) is 24.2 Å². The van der Waals surface area contributed by atoms with Gasteiger partial charge in [-0.2, -0.15) is 5.26 Å². The maximum atomic E-state index is 12.3. The SMILES string of the molecule is CCCCOC(=O)CSC1=C(C#N)[C@H](c2cccc3ccccc23)CC(=O)N1.